The summed E-state index contributed by atoms with van der Waals surface area (Å²) in [5.74, 6) is -0.196. The molecule has 0 unspecified atom stereocenters. The van der Waals surface area contributed by atoms with E-state index in [0.29, 0.717) is 11.4 Å². The lowest BCUT2D eigenvalue weighted by Gasteiger charge is -2.16. The molecule has 1 amide bonds. The highest BCUT2D eigenvalue weighted by Gasteiger charge is 2.21. The predicted octanol–water partition coefficient (Wildman–Crippen LogP) is 2.97. The molecule has 2 N–H and O–H groups in total. The van der Waals surface area contributed by atoms with Crippen LogP contribution >= 0.6 is 0 Å². The molecular weight excluding hydrogens is 386 g/mol. The van der Waals surface area contributed by atoms with Crippen LogP contribution in [0.4, 0.5) is 5.69 Å². The Morgan fingerprint density at radius 2 is 1.52 bits per heavy atom. The molecule has 0 saturated carbocycles. The van der Waals surface area contributed by atoms with E-state index in [-0.39, 0.29) is 18.9 Å². The van der Waals surface area contributed by atoms with E-state index in [4.69, 9.17) is 0 Å². The third kappa shape index (κ3) is 5.81. The van der Waals surface area contributed by atoms with E-state index in [2.05, 4.69) is 10.0 Å². The van der Waals surface area contributed by atoms with Gasteiger partial charge in [-0.25, -0.2) is 13.1 Å². The fourth-order valence-electron chi connectivity index (χ4n) is 3.16. The lowest BCUT2D eigenvalue weighted by atomic mass is 10.0. The Bertz CT molecular complexity index is 955. The average molecular weight is 418 g/mol. The van der Waals surface area contributed by atoms with E-state index >= 15 is 0 Å². The molecule has 0 spiro atoms. The Morgan fingerprint density at radius 3 is 2.03 bits per heavy atom. The molecule has 0 aliphatic rings. The summed E-state index contributed by atoms with van der Waals surface area (Å²) >= 11 is 0. The molecule has 0 heterocycles. The Labute approximate surface area is 174 Å². The van der Waals surface area contributed by atoms with Crippen molar-refractivity contribution in [3.8, 4) is 0 Å². The van der Waals surface area contributed by atoms with Crippen LogP contribution in [0.5, 0.6) is 0 Å². The highest BCUT2D eigenvalue weighted by molar-refractivity contribution is 7.89. The zero-order valence-electron chi connectivity index (χ0n) is 18.1. The lowest BCUT2D eigenvalue weighted by molar-refractivity contribution is -0.121. The molecule has 29 heavy (non-hydrogen) atoms. The summed E-state index contributed by atoms with van der Waals surface area (Å²) in [6, 6.07) is 9.89. The molecule has 0 atom stereocenters. The number of nitrogens with zero attached hydrogens (tertiary/aromatic N) is 1. The summed E-state index contributed by atoms with van der Waals surface area (Å²) in [4.78, 5) is 14.4. The van der Waals surface area contributed by atoms with Crippen molar-refractivity contribution < 1.29 is 13.2 Å². The van der Waals surface area contributed by atoms with Crippen LogP contribution in [0.1, 0.15) is 34.2 Å². The van der Waals surface area contributed by atoms with Gasteiger partial charge in [0.2, 0.25) is 15.9 Å². The van der Waals surface area contributed by atoms with Gasteiger partial charge in [-0.1, -0.05) is 18.2 Å². The zero-order chi connectivity index (χ0) is 21.8. The van der Waals surface area contributed by atoms with Gasteiger partial charge in [0.25, 0.3) is 0 Å². The van der Waals surface area contributed by atoms with Crippen LogP contribution < -0.4 is 14.9 Å². The Kier molecular flexibility index (Phi) is 7.43. The number of amides is 1. The molecule has 2 aromatic carbocycles. The maximum Gasteiger partial charge on any atom is 0.241 e. The van der Waals surface area contributed by atoms with Gasteiger partial charge >= 0.3 is 0 Å². The van der Waals surface area contributed by atoms with Crippen molar-refractivity contribution in [1.82, 2.24) is 10.0 Å². The molecule has 2 aromatic rings. The maximum atomic E-state index is 12.8. The van der Waals surface area contributed by atoms with Crippen molar-refractivity contribution >= 4 is 21.6 Å². The second-order valence-electron chi connectivity index (χ2n) is 7.57. The van der Waals surface area contributed by atoms with Crippen LogP contribution in [0.15, 0.2) is 35.2 Å². The van der Waals surface area contributed by atoms with Crippen molar-refractivity contribution in [3.05, 3.63) is 58.1 Å². The van der Waals surface area contributed by atoms with Crippen LogP contribution in [0.25, 0.3) is 0 Å². The minimum atomic E-state index is -3.68. The smallest absolute Gasteiger partial charge is 0.241 e. The van der Waals surface area contributed by atoms with Gasteiger partial charge in [-0.15, -0.1) is 0 Å². The molecule has 6 nitrogen and oxygen atoms in total. The molecule has 0 aromatic heterocycles. The van der Waals surface area contributed by atoms with Crippen LogP contribution in [-0.4, -0.2) is 35.0 Å². The number of anilines is 1. The van der Waals surface area contributed by atoms with Crippen LogP contribution in [0.2, 0.25) is 0 Å². The minimum Gasteiger partial charge on any atom is -0.378 e. The molecule has 7 heteroatoms. The van der Waals surface area contributed by atoms with Gasteiger partial charge in [0.1, 0.15) is 0 Å². The Hall–Kier alpha value is -2.38. The van der Waals surface area contributed by atoms with Gasteiger partial charge in [0, 0.05) is 39.3 Å². The third-order valence-corrected chi connectivity index (χ3v) is 6.89. The highest BCUT2D eigenvalue weighted by Crippen LogP contribution is 2.25. The van der Waals surface area contributed by atoms with E-state index in [0.717, 1.165) is 33.5 Å². The summed E-state index contributed by atoms with van der Waals surface area (Å²) in [6.45, 7) is 7.89. The molecule has 0 saturated heterocycles. The molecule has 0 radical (unpaired) electrons. The Balaban J connectivity index is 1.91. The average Bonchev–Trinajstić information content (AvgIpc) is 2.65. The first-order valence-corrected chi connectivity index (χ1v) is 11.1. The topological polar surface area (TPSA) is 78.5 Å². The number of benzene rings is 2. The van der Waals surface area contributed by atoms with Gasteiger partial charge in [-0.2, -0.15) is 0 Å². The summed E-state index contributed by atoms with van der Waals surface area (Å²) in [5, 5.41) is 2.83. The number of rotatable bonds is 8. The quantitative estimate of drug-likeness (QED) is 0.692. The van der Waals surface area contributed by atoms with Gasteiger partial charge < -0.3 is 10.2 Å². The zero-order valence-corrected chi connectivity index (χ0v) is 18.9. The van der Waals surface area contributed by atoms with E-state index in [1.54, 1.807) is 0 Å². The highest BCUT2D eigenvalue weighted by atomic mass is 32.2. The van der Waals surface area contributed by atoms with E-state index in [1.165, 1.54) is 0 Å². The van der Waals surface area contributed by atoms with Crippen molar-refractivity contribution in [1.29, 1.82) is 0 Å². The van der Waals surface area contributed by atoms with Gasteiger partial charge in [-0.05, 0) is 67.6 Å². The number of carbonyl (C=O) groups is 1. The number of aryl methyl sites for hydroxylation is 2. The first-order valence-electron chi connectivity index (χ1n) is 9.63. The molecule has 0 bridgehead atoms. The maximum absolute atomic E-state index is 12.8. The van der Waals surface area contributed by atoms with Crippen molar-refractivity contribution in [2.45, 2.75) is 45.6 Å². The lowest BCUT2D eigenvalue weighted by Crippen LogP contribution is -2.31. The number of nitrogens with one attached hydrogen (secondary N) is 2. The predicted molar refractivity (Wildman–Crippen MR) is 118 cm³/mol. The first kappa shape index (κ1) is 22.9. The van der Waals surface area contributed by atoms with Crippen LogP contribution in [0, 0.1) is 27.7 Å². The number of carbonyl (C=O) groups excluding carboxylic acids is 1. The minimum absolute atomic E-state index is 0.0552. The van der Waals surface area contributed by atoms with Crippen molar-refractivity contribution in [2.75, 3.05) is 25.5 Å². The summed E-state index contributed by atoms with van der Waals surface area (Å²) in [5.41, 5.74) is 5.44. The molecule has 2 rings (SSSR count). The van der Waals surface area contributed by atoms with E-state index in [1.807, 2.05) is 77.0 Å². The number of hydrogen-bond acceptors (Lipinski definition) is 4. The van der Waals surface area contributed by atoms with Crippen LogP contribution in [-0.2, 0) is 21.4 Å². The van der Waals surface area contributed by atoms with Gasteiger partial charge in [-0.3, -0.25) is 4.79 Å². The molecule has 0 aliphatic carbocycles. The molecule has 0 aliphatic heterocycles. The number of sulfonamides is 1. The second-order valence-corrected chi connectivity index (χ2v) is 9.28. The second kappa shape index (κ2) is 9.41. The monoisotopic (exact) mass is 417 g/mol. The van der Waals surface area contributed by atoms with E-state index in [9.17, 15) is 13.2 Å². The summed E-state index contributed by atoms with van der Waals surface area (Å²) < 4.78 is 28.1. The van der Waals surface area contributed by atoms with Gasteiger partial charge in [0.05, 0.1) is 4.90 Å². The Morgan fingerprint density at radius 1 is 0.966 bits per heavy atom. The van der Waals surface area contributed by atoms with Crippen molar-refractivity contribution in [2.24, 2.45) is 0 Å². The molecule has 158 valence electrons. The normalized spacial score (nSPS) is 11.4. The fourth-order valence-corrected chi connectivity index (χ4v) is 4.80. The third-order valence-electron chi connectivity index (χ3n) is 5.15. The first-order chi connectivity index (χ1) is 13.5. The standard InChI is InChI=1S/C22H31N3O3S/c1-15-13-16(2)18(4)22(17(15)3)29(27,28)24-12-11-21(26)23-14-19-7-9-20(10-8-19)25(5)6/h7-10,13,24H,11-12,14H2,1-6H3,(H,23,26). The molecule has 0 fully saturated rings. The van der Waals surface area contributed by atoms with Crippen LogP contribution in [0.3, 0.4) is 0 Å². The summed E-state index contributed by atoms with van der Waals surface area (Å²) in [6.07, 6.45) is 0.0813. The summed E-state index contributed by atoms with van der Waals surface area (Å²) in [7, 11) is 0.265. The molecular formula is C22H31N3O3S. The number of hydrogen-bond donors (Lipinski definition) is 2. The van der Waals surface area contributed by atoms with Gasteiger partial charge in [0.15, 0.2) is 0 Å². The van der Waals surface area contributed by atoms with E-state index < -0.39 is 10.0 Å². The largest absolute Gasteiger partial charge is 0.378 e. The fraction of sp³-hybridized carbons (Fsp3) is 0.409. The SMILES string of the molecule is Cc1cc(C)c(C)c(S(=O)(=O)NCCC(=O)NCc2ccc(N(C)C)cc2)c1C. The van der Waals surface area contributed by atoms with Crippen molar-refractivity contribution in [3.63, 3.8) is 0 Å².